The summed E-state index contributed by atoms with van der Waals surface area (Å²) >= 11 is 0. The molecule has 1 heterocycles. The van der Waals surface area contributed by atoms with Crippen molar-refractivity contribution in [2.45, 2.75) is 19.8 Å². The predicted molar refractivity (Wildman–Crippen MR) is 48.0 cm³/mol. The van der Waals surface area contributed by atoms with Crippen molar-refractivity contribution in [1.82, 2.24) is 4.98 Å². The molecule has 1 aromatic rings. The molecule has 15 heavy (non-hydrogen) atoms. The van der Waals surface area contributed by atoms with Crippen molar-refractivity contribution in [1.29, 1.82) is 10.5 Å². The SMILES string of the molecule is Cc1cc(C#N)c(CC#N)c(C(F)F)n1. The summed E-state index contributed by atoms with van der Waals surface area (Å²) in [6.07, 6.45) is -2.99. The highest BCUT2D eigenvalue weighted by molar-refractivity contribution is 5.43. The summed E-state index contributed by atoms with van der Waals surface area (Å²) in [6.45, 7) is 1.53. The Labute approximate surface area is 85.6 Å². The van der Waals surface area contributed by atoms with E-state index in [1.807, 2.05) is 0 Å². The number of aryl methyl sites for hydroxylation is 1. The van der Waals surface area contributed by atoms with Gasteiger partial charge in [-0.3, -0.25) is 4.98 Å². The molecule has 0 atom stereocenters. The summed E-state index contributed by atoms with van der Waals surface area (Å²) in [5.41, 5.74) is 0.0107. The number of rotatable bonds is 2. The average Bonchev–Trinajstić information content (AvgIpc) is 2.19. The van der Waals surface area contributed by atoms with Gasteiger partial charge in [0.15, 0.2) is 0 Å². The summed E-state index contributed by atoms with van der Waals surface area (Å²) in [5, 5.41) is 17.2. The molecule has 0 aliphatic carbocycles. The smallest absolute Gasteiger partial charge is 0.252 e. The molecule has 0 spiro atoms. The fourth-order valence-corrected chi connectivity index (χ4v) is 1.27. The second-order valence-corrected chi connectivity index (χ2v) is 2.92. The van der Waals surface area contributed by atoms with E-state index in [0.717, 1.165) is 0 Å². The first-order valence-corrected chi connectivity index (χ1v) is 4.15. The highest BCUT2D eigenvalue weighted by Crippen LogP contribution is 2.24. The Hall–Kier alpha value is -2.01. The van der Waals surface area contributed by atoms with Crippen LogP contribution in [0.3, 0.4) is 0 Å². The average molecular weight is 207 g/mol. The Balaban J connectivity index is 3.43. The topological polar surface area (TPSA) is 60.5 Å². The van der Waals surface area contributed by atoms with Crippen molar-refractivity contribution >= 4 is 0 Å². The van der Waals surface area contributed by atoms with E-state index in [-0.39, 0.29) is 17.5 Å². The molecular formula is C10H7F2N3. The standard InChI is InChI=1S/C10H7F2N3/c1-6-4-7(5-14)8(2-3-13)9(15-6)10(11)12/h4,10H,2H2,1H3. The van der Waals surface area contributed by atoms with Crippen LogP contribution in [0, 0.1) is 29.6 Å². The van der Waals surface area contributed by atoms with Crippen molar-refractivity contribution in [3.8, 4) is 12.1 Å². The first-order chi connectivity index (χ1) is 7.10. The third kappa shape index (κ3) is 2.26. The summed E-state index contributed by atoms with van der Waals surface area (Å²) in [5.74, 6) is 0. The lowest BCUT2D eigenvalue weighted by Gasteiger charge is -2.07. The van der Waals surface area contributed by atoms with Gasteiger partial charge in [-0.2, -0.15) is 10.5 Å². The van der Waals surface area contributed by atoms with E-state index < -0.39 is 12.1 Å². The Kier molecular flexibility index (Phi) is 3.30. The molecule has 0 unspecified atom stereocenters. The first-order valence-electron chi connectivity index (χ1n) is 4.15. The molecular weight excluding hydrogens is 200 g/mol. The minimum Gasteiger partial charge on any atom is -0.252 e. The Morgan fingerprint density at radius 1 is 1.47 bits per heavy atom. The predicted octanol–water partition coefficient (Wildman–Crippen LogP) is 2.27. The van der Waals surface area contributed by atoms with Crippen LogP contribution in [0.15, 0.2) is 6.07 Å². The van der Waals surface area contributed by atoms with Crippen molar-refractivity contribution in [3.63, 3.8) is 0 Å². The van der Waals surface area contributed by atoms with Gasteiger partial charge in [0.1, 0.15) is 5.69 Å². The van der Waals surface area contributed by atoms with E-state index in [9.17, 15) is 8.78 Å². The number of alkyl halides is 2. The second-order valence-electron chi connectivity index (χ2n) is 2.92. The molecule has 0 bridgehead atoms. The first kappa shape index (κ1) is 11.1. The lowest BCUT2D eigenvalue weighted by Crippen LogP contribution is -2.03. The van der Waals surface area contributed by atoms with Gasteiger partial charge in [0, 0.05) is 11.3 Å². The molecule has 0 aliphatic heterocycles. The van der Waals surface area contributed by atoms with E-state index >= 15 is 0 Å². The summed E-state index contributed by atoms with van der Waals surface area (Å²) in [6, 6.07) is 4.94. The zero-order valence-corrected chi connectivity index (χ0v) is 7.96. The molecule has 76 valence electrons. The summed E-state index contributed by atoms with van der Waals surface area (Å²) < 4.78 is 25.1. The Morgan fingerprint density at radius 2 is 2.13 bits per heavy atom. The lowest BCUT2D eigenvalue weighted by atomic mass is 10.0. The molecule has 1 rings (SSSR count). The van der Waals surface area contributed by atoms with Crippen LogP contribution >= 0.6 is 0 Å². The monoisotopic (exact) mass is 207 g/mol. The van der Waals surface area contributed by atoms with Crippen molar-refractivity contribution in [2.24, 2.45) is 0 Å². The molecule has 0 fully saturated rings. The number of pyridine rings is 1. The number of halogens is 2. The fraction of sp³-hybridized carbons (Fsp3) is 0.300. The van der Waals surface area contributed by atoms with Crippen LogP contribution in [0.2, 0.25) is 0 Å². The van der Waals surface area contributed by atoms with Gasteiger partial charge >= 0.3 is 0 Å². The van der Waals surface area contributed by atoms with Gasteiger partial charge in [-0.05, 0) is 13.0 Å². The Morgan fingerprint density at radius 3 is 2.60 bits per heavy atom. The minimum absolute atomic E-state index is 0.0283. The maximum Gasteiger partial charge on any atom is 0.280 e. The van der Waals surface area contributed by atoms with Gasteiger partial charge in [0.05, 0.1) is 24.1 Å². The molecule has 0 aliphatic rings. The van der Waals surface area contributed by atoms with E-state index in [1.165, 1.54) is 13.0 Å². The lowest BCUT2D eigenvalue weighted by molar-refractivity contribution is 0.145. The molecule has 0 amide bonds. The van der Waals surface area contributed by atoms with Gasteiger partial charge in [-0.15, -0.1) is 0 Å². The van der Waals surface area contributed by atoms with Crippen LogP contribution in [0.1, 0.15) is 28.9 Å². The Bertz CT molecular complexity index is 455. The minimum atomic E-state index is -2.76. The molecule has 0 N–H and O–H groups in total. The zero-order chi connectivity index (χ0) is 11.4. The van der Waals surface area contributed by atoms with Gasteiger partial charge in [0.25, 0.3) is 6.43 Å². The molecule has 0 saturated heterocycles. The molecule has 3 nitrogen and oxygen atoms in total. The van der Waals surface area contributed by atoms with Crippen LogP contribution in [-0.4, -0.2) is 4.98 Å². The molecule has 0 aromatic carbocycles. The second kappa shape index (κ2) is 4.47. The maximum absolute atomic E-state index is 12.6. The number of hydrogen-bond donors (Lipinski definition) is 0. The number of nitrogens with zero attached hydrogens (tertiary/aromatic N) is 3. The zero-order valence-electron chi connectivity index (χ0n) is 7.96. The van der Waals surface area contributed by atoms with Crippen LogP contribution in [0.4, 0.5) is 8.78 Å². The normalized spacial score (nSPS) is 9.73. The van der Waals surface area contributed by atoms with E-state index in [1.54, 1.807) is 12.1 Å². The van der Waals surface area contributed by atoms with E-state index in [2.05, 4.69) is 4.98 Å². The third-order valence-electron chi connectivity index (χ3n) is 1.87. The van der Waals surface area contributed by atoms with Crippen LogP contribution < -0.4 is 0 Å². The summed E-state index contributed by atoms with van der Waals surface area (Å²) in [7, 11) is 0. The third-order valence-corrected chi connectivity index (χ3v) is 1.87. The highest BCUT2D eigenvalue weighted by atomic mass is 19.3. The van der Waals surface area contributed by atoms with Crippen molar-refractivity contribution in [2.75, 3.05) is 0 Å². The van der Waals surface area contributed by atoms with Gasteiger partial charge < -0.3 is 0 Å². The van der Waals surface area contributed by atoms with Crippen molar-refractivity contribution in [3.05, 3.63) is 28.6 Å². The fourth-order valence-electron chi connectivity index (χ4n) is 1.27. The van der Waals surface area contributed by atoms with Gasteiger partial charge in [-0.25, -0.2) is 8.78 Å². The molecule has 5 heteroatoms. The quantitative estimate of drug-likeness (QED) is 0.747. The molecule has 1 aromatic heterocycles. The van der Waals surface area contributed by atoms with Crippen LogP contribution in [0.5, 0.6) is 0 Å². The van der Waals surface area contributed by atoms with Crippen LogP contribution in [0.25, 0.3) is 0 Å². The largest absolute Gasteiger partial charge is 0.280 e. The van der Waals surface area contributed by atoms with Crippen LogP contribution in [-0.2, 0) is 6.42 Å². The van der Waals surface area contributed by atoms with E-state index in [4.69, 9.17) is 10.5 Å². The van der Waals surface area contributed by atoms with E-state index in [0.29, 0.717) is 5.69 Å². The number of nitriles is 2. The molecule has 0 saturated carbocycles. The summed E-state index contributed by atoms with van der Waals surface area (Å²) in [4.78, 5) is 3.65. The number of aromatic nitrogens is 1. The maximum atomic E-state index is 12.6. The highest BCUT2D eigenvalue weighted by Gasteiger charge is 2.18. The number of hydrogen-bond acceptors (Lipinski definition) is 3. The van der Waals surface area contributed by atoms with Crippen molar-refractivity contribution < 1.29 is 8.78 Å². The van der Waals surface area contributed by atoms with Gasteiger partial charge in [-0.1, -0.05) is 0 Å². The van der Waals surface area contributed by atoms with Gasteiger partial charge in [0.2, 0.25) is 0 Å². The molecule has 0 radical (unpaired) electrons.